The highest BCUT2D eigenvalue weighted by Crippen LogP contribution is 2.49. The Labute approximate surface area is 181 Å². The number of hydrogen-bond donors (Lipinski definition) is 0. The maximum Gasteiger partial charge on any atom is 0.232 e. The first-order valence-electron chi connectivity index (χ1n) is 9.78. The predicted octanol–water partition coefficient (Wildman–Crippen LogP) is 6.47. The molecule has 150 valence electrons. The highest BCUT2D eigenvalue weighted by molar-refractivity contribution is 6.32. The Morgan fingerprint density at radius 1 is 1.00 bits per heavy atom. The molecule has 2 aliphatic rings. The van der Waals surface area contributed by atoms with E-state index in [0.717, 1.165) is 16.8 Å². The summed E-state index contributed by atoms with van der Waals surface area (Å²) in [6.45, 7) is 6.06. The molecule has 0 N–H and O–H groups in total. The van der Waals surface area contributed by atoms with Crippen LogP contribution >= 0.6 is 23.2 Å². The Morgan fingerprint density at radius 2 is 1.72 bits per heavy atom. The summed E-state index contributed by atoms with van der Waals surface area (Å²) < 4.78 is 0. The van der Waals surface area contributed by atoms with E-state index in [1.807, 2.05) is 43.3 Å². The molecule has 4 rings (SSSR count). The topological polar surface area (TPSA) is 37.4 Å². The molecule has 0 saturated carbocycles. The van der Waals surface area contributed by atoms with E-state index in [-0.39, 0.29) is 29.4 Å². The van der Waals surface area contributed by atoms with Crippen LogP contribution in [0.2, 0.25) is 10.0 Å². The zero-order valence-electron chi connectivity index (χ0n) is 16.8. The van der Waals surface area contributed by atoms with Crippen LogP contribution in [0.4, 0.5) is 5.69 Å². The number of benzene rings is 2. The van der Waals surface area contributed by atoms with Crippen molar-refractivity contribution in [3.63, 3.8) is 0 Å². The van der Waals surface area contributed by atoms with Crippen LogP contribution in [0, 0.1) is 12.3 Å². The maximum absolute atomic E-state index is 13.4. The van der Waals surface area contributed by atoms with Gasteiger partial charge >= 0.3 is 0 Å². The van der Waals surface area contributed by atoms with Crippen LogP contribution in [0.25, 0.3) is 0 Å². The Kier molecular flexibility index (Phi) is 5.08. The van der Waals surface area contributed by atoms with E-state index in [4.69, 9.17) is 23.2 Å². The minimum absolute atomic E-state index is 0.0425. The molecular weight excluding hydrogens is 405 g/mol. The van der Waals surface area contributed by atoms with E-state index in [0.29, 0.717) is 34.1 Å². The lowest BCUT2D eigenvalue weighted by Gasteiger charge is -2.43. The summed E-state index contributed by atoms with van der Waals surface area (Å²) in [5.74, 6) is -0.261. The van der Waals surface area contributed by atoms with Gasteiger partial charge in [0.15, 0.2) is 5.78 Å². The van der Waals surface area contributed by atoms with Gasteiger partial charge in [-0.3, -0.25) is 14.5 Å². The molecule has 1 unspecified atom stereocenters. The molecule has 2 aromatic rings. The van der Waals surface area contributed by atoms with Gasteiger partial charge in [0.2, 0.25) is 5.91 Å². The fourth-order valence-corrected chi connectivity index (χ4v) is 4.90. The average Bonchev–Trinajstić information content (AvgIpc) is 2.63. The van der Waals surface area contributed by atoms with Crippen molar-refractivity contribution in [3.05, 3.63) is 74.9 Å². The molecular formula is C24H23Cl2NO2. The summed E-state index contributed by atoms with van der Waals surface area (Å²) in [5, 5.41) is 1.19. The van der Waals surface area contributed by atoms with Gasteiger partial charge in [0.25, 0.3) is 0 Å². The van der Waals surface area contributed by atoms with Crippen LogP contribution in [0.3, 0.4) is 0 Å². The minimum atomic E-state index is -0.313. The minimum Gasteiger partial charge on any atom is -0.294 e. The number of nitrogens with zero attached hydrogens (tertiary/aromatic N) is 1. The van der Waals surface area contributed by atoms with E-state index in [9.17, 15) is 9.59 Å². The molecule has 5 heteroatoms. The standard InChI is InChI=1S/C24H23Cl2NO2/c1-14-8-9-15(10-19(14)26)27-20-12-24(2,3)13-21(28)23(20)17(11-22(27)29)16-6-4-5-7-18(16)25/h4-10,17H,11-13H2,1-3H3. The lowest BCUT2D eigenvalue weighted by molar-refractivity contribution is -0.121. The molecule has 0 fully saturated rings. The number of allylic oxidation sites excluding steroid dienone is 2. The number of halogens is 2. The number of aryl methyl sites for hydroxylation is 1. The lowest BCUT2D eigenvalue weighted by Crippen LogP contribution is -2.43. The zero-order chi connectivity index (χ0) is 20.9. The third-order valence-electron chi connectivity index (χ3n) is 5.84. The highest BCUT2D eigenvalue weighted by Gasteiger charge is 2.44. The zero-order valence-corrected chi connectivity index (χ0v) is 18.3. The first-order chi connectivity index (χ1) is 13.7. The van der Waals surface area contributed by atoms with Crippen LogP contribution in [0.5, 0.6) is 0 Å². The lowest BCUT2D eigenvalue weighted by atomic mass is 9.69. The molecule has 1 aliphatic heterocycles. The van der Waals surface area contributed by atoms with E-state index >= 15 is 0 Å². The predicted molar refractivity (Wildman–Crippen MR) is 118 cm³/mol. The molecule has 0 spiro atoms. The van der Waals surface area contributed by atoms with Crippen molar-refractivity contribution in [2.45, 2.75) is 46.0 Å². The Bertz CT molecular complexity index is 1050. The molecule has 1 atom stereocenters. The highest BCUT2D eigenvalue weighted by atomic mass is 35.5. The van der Waals surface area contributed by atoms with Crippen LogP contribution in [-0.4, -0.2) is 11.7 Å². The Morgan fingerprint density at radius 3 is 2.41 bits per heavy atom. The average molecular weight is 428 g/mol. The number of carbonyl (C=O) groups is 2. The summed E-state index contributed by atoms with van der Waals surface area (Å²) in [6, 6.07) is 13.1. The molecule has 3 nitrogen and oxygen atoms in total. The Balaban J connectivity index is 1.92. The molecule has 0 saturated heterocycles. The quantitative estimate of drug-likeness (QED) is 0.550. The molecule has 2 aromatic carbocycles. The van der Waals surface area contributed by atoms with Crippen molar-refractivity contribution in [1.29, 1.82) is 0 Å². The van der Waals surface area contributed by atoms with Gasteiger partial charge in [0.1, 0.15) is 0 Å². The van der Waals surface area contributed by atoms with E-state index in [1.165, 1.54) is 0 Å². The normalized spacial score (nSPS) is 21.4. The van der Waals surface area contributed by atoms with Gasteiger partial charge in [-0.2, -0.15) is 0 Å². The fourth-order valence-electron chi connectivity index (χ4n) is 4.46. The third-order valence-corrected chi connectivity index (χ3v) is 6.59. The van der Waals surface area contributed by atoms with Crippen molar-refractivity contribution >= 4 is 40.6 Å². The van der Waals surface area contributed by atoms with Crippen molar-refractivity contribution in [2.75, 3.05) is 4.90 Å². The van der Waals surface area contributed by atoms with Crippen LogP contribution in [-0.2, 0) is 9.59 Å². The second-order valence-electron chi connectivity index (χ2n) is 8.74. The second-order valence-corrected chi connectivity index (χ2v) is 9.56. The molecule has 1 aliphatic carbocycles. The molecule has 0 radical (unpaired) electrons. The third kappa shape index (κ3) is 3.62. The molecule has 1 amide bonds. The number of carbonyl (C=O) groups excluding carboxylic acids is 2. The molecule has 0 bridgehead atoms. The van der Waals surface area contributed by atoms with Crippen LogP contribution < -0.4 is 4.90 Å². The molecule has 1 heterocycles. The van der Waals surface area contributed by atoms with Gasteiger partial charge in [-0.25, -0.2) is 0 Å². The number of anilines is 1. The summed E-state index contributed by atoms with van der Waals surface area (Å²) in [5.41, 5.74) is 3.78. The maximum atomic E-state index is 13.4. The van der Waals surface area contributed by atoms with Gasteiger partial charge < -0.3 is 0 Å². The number of hydrogen-bond acceptors (Lipinski definition) is 2. The van der Waals surface area contributed by atoms with Crippen molar-refractivity contribution in [3.8, 4) is 0 Å². The first kappa shape index (κ1) is 20.2. The van der Waals surface area contributed by atoms with Crippen molar-refractivity contribution in [1.82, 2.24) is 0 Å². The fraction of sp³-hybridized carbons (Fsp3) is 0.333. The first-order valence-corrected chi connectivity index (χ1v) is 10.5. The number of Topliss-reactive ketones (excluding diaryl/α,β-unsaturated/α-hetero) is 1. The van der Waals surface area contributed by atoms with Crippen molar-refractivity contribution < 1.29 is 9.59 Å². The summed E-state index contributed by atoms with van der Waals surface area (Å²) in [4.78, 5) is 28.3. The monoisotopic (exact) mass is 427 g/mol. The number of rotatable bonds is 2. The summed E-state index contributed by atoms with van der Waals surface area (Å²) in [7, 11) is 0. The SMILES string of the molecule is Cc1ccc(N2C(=O)CC(c3ccccc3Cl)C3=C2CC(C)(C)CC3=O)cc1Cl. The van der Waals surface area contributed by atoms with Gasteiger partial charge in [-0.1, -0.05) is 61.3 Å². The Hall–Kier alpha value is -2.10. The second kappa shape index (κ2) is 7.30. The molecule has 29 heavy (non-hydrogen) atoms. The summed E-state index contributed by atoms with van der Waals surface area (Å²) in [6.07, 6.45) is 1.32. The largest absolute Gasteiger partial charge is 0.294 e. The van der Waals surface area contributed by atoms with Crippen molar-refractivity contribution in [2.24, 2.45) is 5.41 Å². The van der Waals surface area contributed by atoms with E-state index < -0.39 is 0 Å². The van der Waals surface area contributed by atoms with E-state index in [2.05, 4.69) is 13.8 Å². The van der Waals surface area contributed by atoms with E-state index in [1.54, 1.807) is 11.0 Å². The number of ketones is 1. The van der Waals surface area contributed by atoms with Crippen LogP contribution in [0.15, 0.2) is 53.7 Å². The molecule has 0 aromatic heterocycles. The van der Waals surface area contributed by atoms with Gasteiger partial charge in [-0.15, -0.1) is 0 Å². The number of amides is 1. The van der Waals surface area contributed by atoms with Crippen LogP contribution in [0.1, 0.15) is 50.2 Å². The smallest absolute Gasteiger partial charge is 0.232 e. The van der Waals surface area contributed by atoms with Gasteiger partial charge in [0, 0.05) is 40.1 Å². The summed E-state index contributed by atoms with van der Waals surface area (Å²) >= 11 is 12.8. The van der Waals surface area contributed by atoms with Gasteiger partial charge in [0.05, 0.1) is 5.69 Å². The van der Waals surface area contributed by atoms with Gasteiger partial charge in [-0.05, 0) is 48.1 Å².